The van der Waals surface area contributed by atoms with E-state index < -0.39 is 33.2 Å². The zero-order valence-corrected chi connectivity index (χ0v) is 21.6. The number of imide groups is 1. The van der Waals surface area contributed by atoms with Crippen LogP contribution in [-0.2, 0) is 25.0 Å². The van der Waals surface area contributed by atoms with Crippen molar-refractivity contribution in [3.8, 4) is 17.6 Å². The maximum absolute atomic E-state index is 15.5. The molecule has 0 heterocycles. The molecule has 0 aliphatic rings. The Morgan fingerprint density at radius 3 is 2.25 bits per heavy atom. The first-order valence-corrected chi connectivity index (χ1v) is 12.5. The van der Waals surface area contributed by atoms with Gasteiger partial charge in [-0.25, -0.2) is 17.6 Å². The summed E-state index contributed by atoms with van der Waals surface area (Å²) < 4.78 is 50.7. The molecule has 0 spiro atoms. The first-order chi connectivity index (χ1) is 16.7. The van der Waals surface area contributed by atoms with Crippen LogP contribution in [0.3, 0.4) is 0 Å². The molecule has 2 aromatic carbocycles. The fraction of sp³-hybridized carbons (Fsp3) is 0.280. The molecule has 0 radical (unpaired) electrons. The molecule has 3 amide bonds. The molecule has 0 aliphatic heterocycles. The van der Waals surface area contributed by atoms with Crippen molar-refractivity contribution in [3.05, 3.63) is 65.2 Å². The zero-order valence-electron chi connectivity index (χ0n) is 20.8. The van der Waals surface area contributed by atoms with E-state index in [2.05, 4.69) is 26.6 Å². The summed E-state index contributed by atoms with van der Waals surface area (Å²) in [5.74, 6) is 4.18. The van der Waals surface area contributed by atoms with Crippen LogP contribution in [-0.4, -0.2) is 40.8 Å². The van der Waals surface area contributed by atoms with E-state index in [9.17, 15) is 18.0 Å². The lowest BCUT2D eigenvalue weighted by atomic mass is 9.84. The molecule has 0 aromatic heterocycles. The third-order valence-electron chi connectivity index (χ3n) is 4.59. The average Bonchev–Trinajstić information content (AvgIpc) is 2.77. The number of rotatable bonds is 6. The second-order valence-corrected chi connectivity index (χ2v) is 10.4. The van der Waals surface area contributed by atoms with Gasteiger partial charge in [0.2, 0.25) is 10.0 Å². The quantitative estimate of drug-likeness (QED) is 0.305. The topological polar surface area (TPSA) is 123 Å². The summed E-state index contributed by atoms with van der Waals surface area (Å²) in [5, 5.41) is 4.38. The Kier molecular flexibility index (Phi) is 9.08. The van der Waals surface area contributed by atoms with Gasteiger partial charge in [0, 0.05) is 22.9 Å². The number of hydrogen-bond acceptors (Lipinski definition) is 6. The molecule has 0 saturated carbocycles. The van der Waals surface area contributed by atoms with Crippen molar-refractivity contribution in [2.45, 2.75) is 26.2 Å². The summed E-state index contributed by atoms with van der Waals surface area (Å²) >= 11 is 0. The van der Waals surface area contributed by atoms with Crippen LogP contribution >= 0.6 is 0 Å². The molecule has 0 unspecified atom stereocenters. The molecule has 36 heavy (non-hydrogen) atoms. The summed E-state index contributed by atoms with van der Waals surface area (Å²) in [4.78, 5) is 24.0. The van der Waals surface area contributed by atoms with Gasteiger partial charge in [0.15, 0.2) is 5.82 Å². The third-order valence-corrected chi connectivity index (χ3v) is 5.20. The molecule has 0 fully saturated rings. The lowest BCUT2D eigenvalue weighted by Crippen LogP contribution is -2.33. The lowest BCUT2D eigenvalue weighted by Gasteiger charge is -2.24. The largest absolute Gasteiger partial charge is 0.504 e. The molecule has 2 aromatic rings. The molecule has 11 heteroatoms. The third kappa shape index (κ3) is 8.02. The van der Waals surface area contributed by atoms with Gasteiger partial charge >= 0.3 is 6.03 Å². The fourth-order valence-corrected chi connectivity index (χ4v) is 3.59. The Bertz CT molecular complexity index is 1340. The smallest absolute Gasteiger partial charge is 0.326 e. The van der Waals surface area contributed by atoms with Crippen molar-refractivity contribution in [1.29, 1.82) is 0 Å². The molecule has 2 rings (SSSR count). The van der Waals surface area contributed by atoms with Gasteiger partial charge in [0.1, 0.15) is 11.3 Å². The predicted molar refractivity (Wildman–Crippen MR) is 136 cm³/mol. The Hall–Kier alpha value is -4.04. The number of anilines is 2. The Morgan fingerprint density at radius 1 is 1.08 bits per heavy atom. The van der Waals surface area contributed by atoms with Crippen molar-refractivity contribution in [2.24, 2.45) is 0 Å². The molecule has 3 N–H and O–H groups in total. The molecule has 0 saturated heterocycles. The molecule has 0 atom stereocenters. The standard InChI is InChI=1S/C25H28FN3O6S/c1-25(2,3)19-15-20(27-24(31)28-21(30)13-14-34-4)22(26)18(23(19)35-5)12-9-16-7-10-17(11-8-16)29-36(6,32)33/h7-8,10-11,13-15,29H,1-6H3,(H2,27,28,30,31)/b14-13+. The predicted octanol–water partition coefficient (Wildman–Crippen LogP) is 3.71. The molecule has 9 nitrogen and oxygen atoms in total. The van der Waals surface area contributed by atoms with E-state index in [4.69, 9.17) is 4.74 Å². The number of hydrogen-bond donors (Lipinski definition) is 3. The minimum Gasteiger partial charge on any atom is -0.504 e. The first-order valence-electron chi connectivity index (χ1n) is 10.6. The van der Waals surface area contributed by atoms with Crippen LogP contribution in [0.4, 0.5) is 20.6 Å². The maximum atomic E-state index is 15.5. The number of amides is 3. The summed E-state index contributed by atoms with van der Waals surface area (Å²) in [6.07, 6.45) is 3.13. The lowest BCUT2D eigenvalue weighted by molar-refractivity contribution is -0.115. The van der Waals surface area contributed by atoms with Crippen LogP contribution < -0.4 is 20.1 Å². The van der Waals surface area contributed by atoms with Crippen LogP contribution in [0.25, 0.3) is 0 Å². The SMILES string of the molecule is CO/C=C/C(=O)NC(=O)Nc1cc(C(C)(C)C)c(OC)c(C#Cc2ccc(NS(C)(=O)=O)cc2)c1F. The van der Waals surface area contributed by atoms with Crippen LogP contribution in [0, 0.1) is 17.7 Å². The van der Waals surface area contributed by atoms with Gasteiger partial charge in [-0.15, -0.1) is 0 Å². The maximum Gasteiger partial charge on any atom is 0.326 e. The number of nitrogens with one attached hydrogen (secondary N) is 3. The molecule has 0 bridgehead atoms. The van der Waals surface area contributed by atoms with E-state index in [-0.39, 0.29) is 17.0 Å². The highest BCUT2D eigenvalue weighted by Gasteiger charge is 2.26. The Balaban J connectivity index is 2.50. The van der Waals surface area contributed by atoms with Crippen molar-refractivity contribution in [3.63, 3.8) is 0 Å². The Labute approximate surface area is 210 Å². The summed E-state index contributed by atoms with van der Waals surface area (Å²) in [7, 11) is -0.697. The van der Waals surface area contributed by atoms with E-state index >= 15 is 4.39 Å². The van der Waals surface area contributed by atoms with Crippen molar-refractivity contribution < 1.29 is 31.9 Å². The van der Waals surface area contributed by atoms with Crippen LogP contribution in [0.5, 0.6) is 5.75 Å². The number of sulfonamides is 1. The molecular weight excluding hydrogens is 489 g/mol. The van der Waals surface area contributed by atoms with E-state index in [1.165, 1.54) is 32.4 Å². The van der Waals surface area contributed by atoms with E-state index in [1.807, 2.05) is 26.1 Å². The molecular formula is C25H28FN3O6S. The first kappa shape index (κ1) is 28.2. The minimum atomic E-state index is -3.43. The van der Waals surface area contributed by atoms with Gasteiger partial charge in [-0.3, -0.25) is 14.8 Å². The number of halogens is 1. The number of carbonyl (C=O) groups excluding carboxylic acids is 2. The minimum absolute atomic E-state index is 0.0934. The highest BCUT2D eigenvalue weighted by molar-refractivity contribution is 7.92. The number of carbonyl (C=O) groups is 2. The number of urea groups is 1. The number of methoxy groups -OCH3 is 2. The summed E-state index contributed by atoms with van der Waals surface area (Å²) in [6, 6.07) is 6.68. The highest BCUT2D eigenvalue weighted by Crippen LogP contribution is 2.38. The second kappa shape index (κ2) is 11.6. The fourth-order valence-electron chi connectivity index (χ4n) is 3.02. The second-order valence-electron chi connectivity index (χ2n) is 8.63. The van der Waals surface area contributed by atoms with Gasteiger partial charge in [0.25, 0.3) is 5.91 Å². The van der Waals surface area contributed by atoms with Gasteiger partial charge in [-0.1, -0.05) is 32.6 Å². The highest BCUT2D eigenvalue weighted by atomic mass is 32.2. The van der Waals surface area contributed by atoms with Crippen LogP contribution in [0.1, 0.15) is 37.5 Å². The van der Waals surface area contributed by atoms with Crippen molar-refractivity contribution in [1.82, 2.24) is 5.32 Å². The normalized spacial score (nSPS) is 11.3. The van der Waals surface area contributed by atoms with Gasteiger partial charge in [-0.05, 0) is 35.7 Å². The van der Waals surface area contributed by atoms with Crippen LogP contribution in [0.2, 0.25) is 0 Å². The van der Waals surface area contributed by atoms with Gasteiger partial charge in [0.05, 0.1) is 32.4 Å². The zero-order chi connectivity index (χ0) is 27.1. The Morgan fingerprint density at radius 2 is 1.72 bits per heavy atom. The summed E-state index contributed by atoms with van der Waals surface area (Å²) in [5.41, 5.74) is 0.610. The van der Waals surface area contributed by atoms with Crippen molar-refractivity contribution in [2.75, 3.05) is 30.5 Å². The van der Waals surface area contributed by atoms with E-state index in [0.29, 0.717) is 16.8 Å². The van der Waals surface area contributed by atoms with E-state index in [0.717, 1.165) is 18.6 Å². The summed E-state index contributed by atoms with van der Waals surface area (Å²) in [6.45, 7) is 5.66. The van der Waals surface area contributed by atoms with Crippen LogP contribution in [0.15, 0.2) is 42.7 Å². The van der Waals surface area contributed by atoms with Gasteiger partial charge in [-0.2, -0.15) is 0 Å². The number of ether oxygens (including phenoxy) is 2. The van der Waals surface area contributed by atoms with E-state index in [1.54, 1.807) is 12.1 Å². The molecule has 0 aliphatic carbocycles. The number of benzene rings is 2. The van der Waals surface area contributed by atoms with Crippen molar-refractivity contribution >= 4 is 33.3 Å². The monoisotopic (exact) mass is 517 g/mol. The average molecular weight is 518 g/mol. The molecule has 192 valence electrons. The van der Waals surface area contributed by atoms with Gasteiger partial charge < -0.3 is 14.8 Å².